The van der Waals surface area contributed by atoms with Crippen LogP contribution < -0.4 is 5.32 Å². The second-order valence-electron chi connectivity index (χ2n) is 4.51. The van der Waals surface area contributed by atoms with Gasteiger partial charge in [-0.05, 0) is 43.7 Å². The number of aryl methyl sites for hydroxylation is 1. The number of rotatable bonds is 5. The van der Waals surface area contributed by atoms with Crippen LogP contribution in [0.3, 0.4) is 0 Å². The maximum atomic E-state index is 9.52. The van der Waals surface area contributed by atoms with Gasteiger partial charge in [0.1, 0.15) is 11.6 Å². The van der Waals surface area contributed by atoms with Gasteiger partial charge < -0.3 is 10.4 Å². The lowest BCUT2D eigenvalue weighted by Gasteiger charge is -2.17. The van der Waals surface area contributed by atoms with E-state index in [1.54, 1.807) is 18.3 Å². The number of phenolic OH excluding ortho intramolecular Hbond substituents is 1. The molecule has 4 heteroatoms. The molecule has 2 aromatic rings. The van der Waals surface area contributed by atoms with Crippen LogP contribution in [-0.2, 0) is 6.42 Å². The quantitative estimate of drug-likeness (QED) is 0.863. The first-order valence-electron chi connectivity index (χ1n) is 6.50. The van der Waals surface area contributed by atoms with E-state index in [1.165, 1.54) is 0 Å². The Bertz CT molecular complexity index is 542. The zero-order valence-electron chi connectivity index (χ0n) is 11.3. The van der Waals surface area contributed by atoms with E-state index in [0.29, 0.717) is 5.75 Å². The van der Waals surface area contributed by atoms with Crippen molar-refractivity contribution in [3.63, 3.8) is 0 Å². The molecule has 0 saturated heterocycles. The van der Waals surface area contributed by atoms with Gasteiger partial charge in [0.2, 0.25) is 0 Å². The van der Waals surface area contributed by atoms with Gasteiger partial charge in [0, 0.05) is 6.20 Å². The minimum Gasteiger partial charge on any atom is -0.508 e. The molecule has 1 aromatic heterocycles. The van der Waals surface area contributed by atoms with E-state index in [1.807, 2.05) is 25.1 Å². The first-order valence-corrected chi connectivity index (χ1v) is 6.50. The van der Waals surface area contributed by atoms with Gasteiger partial charge in [-0.1, -0.05) is 19.1 Å². The van der Waals surface area contributed by atoms with Crippen molar-refractivity contribution < 1.29 is 5.11 Å². The lowest BCUT2D eigenvalue weighted by atomic mass is 10.0. The molecule has 0 aliphatic heterocycles. The minimum absolute atomic E-state index is 0.133. The summed E-state index contributed by atoms with van der Waals surface area (Å²) in [7, 11) is 0. The molecule has 0 saturated carbocycles. The summed E-state index contributed by atoms with van der Waals surface area (Å²) in [6, 6.07) is 9.41. The molecule has 0 radical (unpaired) electrons. The van der Waals surface area contributed by atoms with Crippen molar-refractivity contribution in [3.8, 4) is 5.75 Å². The smallest absolute Gasteiger partial charge is 0.125 e. The van der Waals surface area contributed by atoms with Crippen molar-refractivity contribution in [1.82, 2.24) is 15.3 Å². The number of likely N-dealkylation sites (N-methyl/N-ethyl adjacent to an activating group) is 1. The molecule has 19 heavy (non-hydrogen) atoms. The molecule has 0 fully saturated rings. The van der Waals surface area contributed by atoms with Gasteiger partial charge >= 0.3 is 0 Å². The Hall–Kier alpha value is -1.94. The average Bonchev–Trinajstić information content (AvgIpc) is 2.38. The third-order valence-corrected chi connectivity index (χ3v) is 2.96. The molecular formula is C15H19N3O. The number of hydrogen-bond donors (Lipinski definition) is 2. The molecular weight excluding hydrogens is 238 g/mol. The predicted molar refractivity (Wildman–Crippen MR) is 75.0 cm³/mol. The maximum Gasteiger partial charge on any atom is 0.125 e. The van der Waals surface area contributed by atoms with E-state index in [9.17, 15) is 5.11 Å². The van der Waals surface area contributed by atoms with Crippen molar-refractivity contribution in [2.24, 2.45) is 0 Å². The van der Waals surface area contributed by atoms with Crippen molar-refractivity contribution in [3.05, 3.63) is 53.6 Å². The Morgan fingerprint density at radius 3 is 2.84 bits per heavy atom. The number of benzene rings is 1. The van der Waals surface area contributed by atoms with E-state index in [4.69, 9.17) is 0 Å². The zero-order valence-corrected chi connectivity index (χ0v) is 11.3. The topological polar surface area (TPSA) is 58.0 Å². The summed E-state index contributed by atoms with van der Waals surface area (Å²) in [5, 5.41) is 12.9. The largest absolute Gasteiger partial charge is 0.508 e. The van der Waals surface area contributed by atoms with Crippen LogP contribution in [-0.4, -0.2) is 21.6 Å². The number of nitrogens with one attached hydrogen (secondary N) is 1. The number of aromatic nitrogens is 2. The van der Waals surface area contributed by atoms with Crippen LogP contribution in [0.1, 0.15) is 30.0 Å². The van der Waals surface area contributed by atoms with Crippen LogP contribution in [0.15, 0.2) is 36.5 Å². The van der Waals surface area contributed by atoms with Crippen LogP contribution in [0, 0.1) is 6.92 Å². The van der Waals surface area contributed by atoms with Crippen LogP contribution in [0.2, 0.25) is 0 Å². The van der Waals surface area contributed by atoms with Gasteiger partial charge in [-0.3, -0.25) is 0 Å². The molecule has 1 atom stereocenters. The molecule has 2 N–H and O–H groups in total. The van der Waals surface area contributed by atoms with E-state index in [-0.39, 0.29) is 6.04 Å². The first kappa shape index (κ1) is 13.5. The Morgan fingerprint density at radius 1 is 1.32 bits per heavy atom. The summed E-state index contributed by atoms with van der Waals surface area (Å²) in [4.78, 5) is 8.60. The fourth-order valence-corrected chi connectivity index (χ4v) is 2.12. The fraction of sp³-hybridized carbons (Fsp3) is 0.333. The highest BCUT2D eigenvalue weighted by Crippen LogP contribution is 2.19. The van der Waals surface area contributed by atoms with E-state index >= 15 is 0 Å². The lowest BCUT2D eigenvalue weighted by Crippen LogP contribution is -2.24. The number of phenols is 1. The number of hydrogen-bond acceptors (Lipinski definition) is 4. The minimum atomic E-state index is 0.133. The summed E-state index contributed by atoms with van der Waals surface area (Å²) < 4.78 is 0. The average molecular weight is 257 g/mol. The molecule has 0 aliphatic carbocycles. The standard InChI is InChI=1S/C15H19N3O/c1-3-16-15(14-7-8-17-11(2)18-14)10-12-5-4-6-13(19)9-12/h4-9,15-16,19H,3,10H2,1-2H3. The first-order chi connectivity index (χ1) is 9.19. The van der Waals surface area contributed by atoms with Crippen molar-refractivity contribution in [2.45, 2.75) is 26.3 Å². The van der Waals surface area contributed by atoms with E-state index in [2.05, 4.69) is 22.2 Å². The van der Waals surface area contributed by atoms with Crippen molar-refractivity contribution in [1.29, 1.82) is 0 Å². The fourth-order valence-electron chi connectivity index (χ4n) is 2.12. The molecule has 0 bridgehead atoms. The highest BCUT2D eigenvalue weighted by atomic mass is 16.3. The van der Waals surface area contributed by atoms with Gasteiger partial charge in [0.25, 0.3) is 0 Å². The van der Waals surface area contributed by atoms with Crippen LogP contribution in [0.4, 0.5) is 0 Å². The Kier molecular flexibility index (Phi) is 4.47. The molecule has 1 aromatic carbocycles. The Balaban J connectivity index is 2.21. The second-order valence-corrected chi connectivity index (χ2v) is 4.51. The molecule has 0 spiro atoms. The van der Waals surface area contributed by atoms with Crippen LogP contribution in [0.5, 0.6) is 5.75 Å². The molecule has 100 valence electrons. The summed E-state index contributed by atoms with van der Waals surface area (Å²) in [6.07, 6.45) is 2.57. The second kappa shape index (κ2) is 6.29. The van der Waals surface area contributed by atoms with Crippen molar-refractivity contribution >= 4 is 0 Å². The normalized spacial score (nSPS) is 12.3. The summed E-state index contributed by atoms with van der Waals surface area (Å²) in [5.41, 5.74) is 2.07. The molecule has 2 rings (SSSR count). The predicted octanol–water partition coefficient (Wildman–Crippen LogP) is 2.38. The molecule has 0 amide bonds. The Labute approximate surface area is 113 Å². The van der Waals surface area contributed by atoms with E-state index < -0.39 is 0 Å². The molecule has 1 unspecified atom stereocenters. The van der Waals surface area contributed by atoms with Crippen LogP contribution >= 0.6 is 0 Å². The highest BCUT2D eigenvalue weighted by molar-refractivity contribution is 5.28. The van der Waals surface area contributed by atoms with E-state index in [0.717, 1.165) is 30.0 Å². The Morgan fingerprint density at radius 2 is 2.16 bits per heavy atom. The highest BCUT2D eigenvalue weighted by Gasteiger charge is 2.13. The third-order valence-electron chi connectivity index (χ3n) is 2.96. The molecule has 4 nitrogen and oxygen atoms in total. The summed E-state index contributed by atoms with van der Waals surface area (Å²) in [5.74, 6) is 1.07. The lowest BCUT2D eigenvalue weighted by molar-refractivity contribution is 0.473. The molecule has 1 heterocycles. The van der Waals surface area contributed by atoms with Crippen LogP contribution in [0.25, 0.3) is 0 Å². The monoisotopic (exact) mass is 257 g/mol. The SMILES string of the molecule is CCNC(Cc1cccc(O)c1)c1ccnc(C)n1. The van der Waals surface area contributed by atoms with Gasteiger partial charge in [0.15, 0.2) is 0 Å². The van der Waals surface area contributed by atoms with Gasteiger partial charge in [-0.2, -0.15) is 0 Å². The maximum absolute atomic E-state index is 9.52. The zero-order chi connectivity index (χ0) is 13.7. The van der Waals surface area contributed by atoms with Gasteiger partial charge in [-0.15, -0.1) is 0 Å². The van der Waals surface area contributed by atoms with Gasteiger partial charge in [-0.25, -0.2) is 9.97 Å². The van der Waals surface area contributed by atoms with Gasteiger partial charge in [0.05, 0.1) is 11.7 Å². The third kappa shape index (κ3) is 3.76. The summed E-state index contributed by atoms with van der Waals surface area (Å²) >= 11 is 0. The molecule has 0 aliphatic rings. The number of aromatic hydroxyl groups is 1. The van der Waals surface area contributed by atoms with Crippen molar-refractivity contribution in [2.75, 3.05) is 6.54 Å². The summed E-state index contributed by atoms with van der Waals surface area (Å²) in [6.45, 7) is 4.83. The number of nitrogens with zero attached hydrogens (tertiary/aromatic N) is 2.